The fourth-order valence-corrected chi connectivity index (χ4v) is 2.41. The summed E-state index contributed by atoms with van der Waals surface area (Å²) in [4.78, 5) is 0. The highest BCUT2D eigenvalue weighted by Crippen LogP contribution is 2.22. The molecule has 0 radical (unpaired) electrons. The van der Waals surface area contributed by atoms with E-state index in [1.54, 1.807) is 0 Å². The van der Waals surface area contributed by atoms with Gasteiger partial charge in [-0.15, -0.1) is 0 Å². The van der Waals surface area contributed by atoms with Gasteiger partial charge in [-0.1, -0.05) is 37.1 Å². The number of halogens is 1. The third kappa shape index (κ3) is 4.15. The molecule has 1 aromatic rings. The highest BCUT2D eigenvalue weighted by Gasteiger charge is 2.10. The van der Waals surface area contributed by atoms with Gasteiger partial charge in [0.25, 0.3) is 0 Å². The molecule has 16 heavy (non-hydrogen) atoms. The monoisotopic (exact) mass is 239 g/mol. The molecule has 0 aliphatic carbocycles. The van der Waals surface area contributed by atoms with Crippen molar-refractivity contribution in [3.8, 4) is 0 Å². The molecule has 1 N–H and O–H groups in total. The first-order valence-electron chi connectivity index (χ1n) is 6.07. The second-order valence-electron chi connectivity index (χ2n) is 4.51. The zero-order valence-electron chi connectivity index (χ0n) is 10.5. The molecule has 1 nitrogen and oxygen atoms in total. The van der Waals surface area contributed by atoms with Crippen molar-refractivity contribution in [2.75, 3.05) is 13.6 Å². The van der Waals surface area contributed by atoms with Crippen molar-refractivity contribution in [2.45, 2.75) is 33.1 Å². The Morgan fingerprint density at radius 3 is 2.69 bits per heavy atom. The van der Waals surface area contributed by atoms with E-state index in [1.165, 1.54) is 24.0 Å². The molecule has 0 fully saturated rings. The number of hydrogen-bond donors (Lipinski definition) is 1. The minimum absolute atomic E-state index is 0.690. The van der Waals surface area contributed by atoms with Crippen LogP contribution in [0.1, 0.15) is 30.9 Å². The van der Waals surface area contributed by atoms with E-state index in [4.69, 9.17) is 11.6 Å². The highest BCUT2D eigenvalue weighted by atomic mass is 35.5. The largest absolute Gasteiger partial charge is 0.319 e. The smallest absolute Gasteiger partial charge is 0.0440 e. The number of rotatable bonds is 6. The third-order valence-corrected chi connectivity index (χ3v) is 3.26. The quantitative estimate of drug-likeness (QED) is 0.796. The van der Waals surface area contributed by atoms with E-state index in [0.29, 0.717) is 5.92 Å². The van der Waals surface area contributed by atoms with Crippen LogP contribution in [-0.2, 0) is 6.42 Å². The van der Waals surface area contributed by atoms with Crippen LogP contribution in [0.2, 0.25) is 5.02 Å². The van der Waals surface area contributed by atoms with E-state index in [9.17, 15) is 0 Å². The molecule has 1 rings (SSSR count). The summed E-state index contributed by atoms with van der Waals surface area (Å²) in [5, 5.41) is 4.17. The maximum atomic E-state index is 6.25. The molecule has 2 heteroatoms. The second kappa shape index (κ2) is 6.93. The SMILES string of the molecule is CCCC(CNC)Cc1ccc(C)cc1Cl. The maximum Gasteiger partial charge on any atom is 0.0440 e. The van der Waals surface area contributed by atoms with Crippen LogP contribution in [0.3, 0.4) is 0 Å². The minimum atomic E-state index is 0.690. The molecule has 0 aliphatic rings. The summed E-state index contributed by atoms with van der Waals surface area (Å²) in [6.07, 6.45) is 3.56. The Hall–Kier alpha value is -0.530. The molecular formula is C14H22ClN. The molecule has 0 bridgehead atoms. The predicted octanol–water partition coefficient (Wildman–Crippen LogP) is 3.83. The predicted molar refractivity (Wildman–Crippen MR) is 72.2 cm³/mol. The van der Waals surface area contributed by atoms with Gasteiger partial charge in [0, 0.05) is 5.02 Å². The number of aryl methyl sites for hydroxylation is 1. The average molecular weight is 240 g/mol. The Balaban J connectivity index is 2.68. The third-order valence-electron chi connectivity index (χ3n) is 2.91. The van der Waals surface area contributed by atoms with Crippen LogP contribution < -0.4 is 5.32 Å². The van der Waals surface area contributed by atoms with E-state index in [-0.39, 0.29) is 0 Å². The lowest BCUT2D eigenvalue weighted by molar-refractivity contribution is 0.456. The van der Waals surface area contributed by atoms with E-state index < -0.39 is 0 Å². The zero-order chi connectivity index (χ0) is 12.0. The molecule has 0 spiro atoms. The summed E-state index contributed by atoms with van der Waals surface area (Å²) >= 11 is 6.25. The van der Waals surface area contributed by atoms with Gasteiger partial charge in [0.1, 0.15) is 0 Å². The van der Waals surface area contributed by atoms with E-state index in [0.717, 1.165) is 18.0 Å². The van der Waals surface area contributed by atoms with Gasteiger partial charge in [0.2, 0.25) is 0 Å². The van der Waals surface area contributed by atoms with Crippen LogP contribution in [0.5, 0.6) is 0 Å². The summed E-state index contributed by atoms with van der Waals surface area (Å²) in [7, 11) is 2.01. The van der Waals surface area contributed by atoms with Crippen LogP contribution in [0.25, 0.3) is 0 Å². The van der Waals surface area contributed by atoms with Crippen LogP contribution in [0.4, 0.5) is 0 Å². The van der Waals surface area contributed by atoms with Crippen LogP contribution in [0, 0.1) is 12.8 Å². The van der Waals surface area contributed by atoms with E-state index in [2.05, 4.69) is 37.4 Å². The molecule has 0 aromatic heterocycles. The van der Waals surface area contributed by atoms with E-state index in [1.807, 2.05) is 7.05 Å². The van der Waals surface area contributed by atoms with Gasteiger partial charge in [-0.25, -0.2) is 0 Å². The first kappa shape index (κ1) is 13.5. The molecule has 1 unspecified atom stereocenters. The summed E-state index contributed by atoms with van der Waals surface area (Å²) < 4.78 is 0. The lowest BCUT2D eigenvalue weighted by atomic mass is 9.94. The topological polar surface area (TPSA) is 12.0 Å². The zero-order valence-corrected chi connectivity index (χ0v) is 11.3. The van der Waals surface area contributed by atoms with Crippen molar-refractivity contribution in [3.05, 3.63) is 34.3 Å². The molecule has 0 aliphatic heterocycles. The minimum Gasteiger partial charge on any atom is -0.319 e. The van der Waals surface area contributed by atoms with Gasteiger partial charge in [-0.05, 0) is 56.5 Å². The van der Waals surface area contributed by atoms with Gasteiger partial charge in [0.05, 0.1) is 0 Å². The molecule has 0 saturated heterocycles. The Kier molecular flexibility index (Phi) is 5.86. The van der Waals surface area contributed by atoms with E-state index >= 15 is 0 Å². The van der Waals surface area contributed by atoms with Gasteiger partial charge >= 0.3 is 0 Å². The molecule has 1 aromatic carbocycles. The lowest BCUT2D eigenvalue weighted by Crippen LogP contribution is -2.20. The summed E-state index contributed by atoms with van der Waals surface area (Å²) in [6.45, 7) is 5.38. The van der Waals surface area contributed by atoms with Gasteiger partial charge in [-0.2, -0.15) is 0 Å². The van der Waals surface area contributed by atoms with Crippen molar-refractivity contribution in [2.24, 2.45) is 5.92 Å². The van der Waals surface area contributed by atoms with Crippen molar-refractivity contribution >= 4 is 11.6 Å². The highest BCUT2D eigenvalue weighted by molar-refractivity contribution is 6.31. The number of hydrogen-bond acceptors (Lipinski definition) is 1. The summed E-state index contributed by atoms with van der Waals surface area (Å²) in [5.74, 6) is 0.690. The van der Waals surface area contributed by atoms with Gasteiger partial charge in [-0.3, -0.25) is 0 Å². The first-order chi connectivity index (χ1) is 7.67. The van der Waals surface area contributed by atoms with Crippen LogP contribution >= 0.6 is 11.6 Å². The lowest BCUT2D eigenvalue weighted by Gasteiger charge is -2.16. The number of benzene rings is 1. The Morgan fingerprint density at radius 1 is 1.38 bits per heavy atom. The molecule has 0 saturated carbocycles. The Bertz CT molecular complexity index is 317. The number of nitrogens with one attached hydrogen (secondary N) is 1. The average Bonchev–Trinajstić information content (AvgIpc) is 2.23. The van der Waals surface area contributed by atoms with Gasteiger partial charge in [0.15, 0.2) is 0 Å². The molecule has 90 valence electrons. The van der Waals surface area contributed by atoms with Crippen LogP contribution in [-0.4, -0.2) is 13.6 Å². The summed E-state index contributed by atoms with van der Waals surface area (Å²) in [6, 6.07) is 6.36. The van der Waals surface area contributed by atoms with Crippen LogP contribution in [0.15, 0.2) is 18.2 Å². The molecule has 0 heterocycles. The Labute approximate surface area is 104 Å². The van der Waals surface area contributed by atoms with Crippen molar-refractivity contribution < 1.29 is 0 Å². The molecule has 0 amide bonds. The molecule has 1 atom stereocenters. The summed E-state index contributed by atoms with van der Waals surface area (Å²) in [5.41, 5.74) is 2.51. The van der Waals surface area contributed by atoms with Crippen molar-refractivity contribution in [3.63, 3.8) is 0 Å². The normalized spacial score (nSPS) is 12.8. The standard InChI is InChI=1S/C14H22ClN/c1-4-5-12(10-16-3)9-13-7-6-11(2)8-14(13)15/h6-8,12,16H,4-5,9-10H2,1-3H3. The fraction of sp³-hybridized carbons (Fsp3) is 0.571. The van der Waals surface area contributed by atoms with Crippen molar-refractivity contribution in [1.82, 2.24) is 5.32 Å². The second-order valence-corrected chi connectivity index (χ2v) is 4.92. The van der Waals surface area contributed by atoms with Crippen molar-refractivity contribution in [1.29, 1.82) is 0 Å². The fourth-order valence-electron chi connectivity index (χ4n) is 2.10. The maximum absolute atomic E-state index is 6.25. The van der Waals surface area contributed by atoms with Gasteiger partial charge < -0.3 is 5.32 Å². The first-order valence-corrected chi connectivity index (χ1v) is 6.44. The molecular weight excluding hydrogens is 218 g/mol. The Morgan fingerprint density at radius 2 is 2.12 bits per heavy atom.